The minimum atomic E-state index is -0.555. The molecule has 0 aliphatic carbocycles. The van der Waals surface area contributed by atoms with Crippen LogP contribution in [0.1, 0.15) is 5.56 Å². The zero-order valence-corrected chi connectivity index (χ0v) is 8.36. The maximum absolute atomic E-state index is 8.93. The second kappa shape index (κ2) is 5.62. The quantitative estimate of drug-likeness (QED) is 0.734. The molecular weight excluding hydrogens is 178 g/mol. The van der Waals surface area contributed by atoms with Gasteiger partial charge in [-0.05, 0) is 24.6 Å². The minimum Gasteiger partial charge on any atom is -0.497 e. The summed E-state index contributed by atoms with van der Waals surface area (Å²) >= 11 is 0. The second-order valence-electron chi connectivity index (χ2n) is 3.14. The van der Waals surface area contributed by atoms with Crippen LogP contribution in [0, 0.1) is 6.92 Å². The van der Waals surface area contributed by atoms with Crippen molar-refractivity contribution in [3.05, 3.63) is 36.8 Å². The summed E-state index contributed by atoms with van der Waals surface area (Å²) in [5.41, 5.74) is 1.13. The maximum Gasteiger partial charge on any atom is 0.119 e. The summed E-state index contributed by atoms with van der Waals surface area (Å²) in [6, 6.07) is 7.81. The molecule has 3 nitrogen and oxygen atoms in total. The van der Waals surface area contributed by atoms with Crippen LogP contribution in [0.5, 0.6) is 5.75 Å². The molecule has 1 radical (unpaired) electrons. The molecule has 14 heavy (non-hydrogen) atoms. The first kappa shape index (κ1) is 11.0. The predicted molar refractivity (Wildman–Crippen MR) is 56.1 cm³/mol. The van der Waals surface area contributed by atoms with Crippen molar-refractivity contribution in [3.8, 4) is 5.75 Å². The van der Waals surface area contributed by atoms with Gasteiger partial charge in [0.1, 0.15) is 5.75 Å². The van der Waals surface area contributed by atoms with E-state index in [-0.39, 0.29) is 0 Å². The Labute approximate surface area is 84.7 Å². The molecule has 0 bridgehead atoms. The molecule has 3 heteroatoms. The van der Waals surface area contributed by atoms with E-state index in [2.05, 4.69) is 12.2 Å². The molecule has 0 heterocycles. The van der Waals surface area contributed by atoms with Gasteiger partial charge in [0.25, 0.3) is 0 Å². The fourth-order valence-electron chi connectivity index (χ4n) is 1.17. The summed E-state index contributed by atoms with van der Waals surface area (Å²) < 4.78 is 5.09. The number of nitrogens with one attached hydrogen (secondary N) is 1. The fourth-order valence-corrected chi connectivity index (χ4v) is 1.17. The molecule has 0 aliphatic heterocycles. The van der Waals surface area contributed by atoms with Crippen LogP contribution >= 0.6 is 0 Å². The summed E-state index contributed by atoms with van der Waals surface area (Å²) in [6.45, 7) is 4.68. The van der Waals surface area contributed by atoms with Crippen molar-refractivity contribution in [1.82, 2.24) is 5.32 Å². The Morgan fingerprint density at radius 3 is 3.00 bits per heavy atom. The molecule has 0 aliphatic rings. The summed E-state index contributed by atoms with van der Waals surface area (Å²) in [4.78, 5) is 0. The number of aliphatic hydroxyl groups is 1. The van der Waals surface area contributed by atoms with Crippen molar-refractivity contribution >= 4 is 0 Å². The smallest absolute Gasteiger partial charge is 0.119 e. The zero-order valence-electron chi connectivity index (χ0n) is 8.36. The van der Waals surface area contributed by atoms with Crippen molar-refractivity contribution in [2.75, 3.05) is 13.7 Å². The van der Waals surface area contributed by atoms with Gasteiger partial charge in [0.15, 0.2) is 0 Å². The maximum atomic E-state index is 8.93. The lowest BCUT2D eigenvalue weighted by Crippen LogP contribution is -2.23. The Bertz CT molecular complexity index is 274. The van der Waals surface area contributed by atoms with Gasteiger partial charge in [0, 0.05) is 13.1 Å². The number of benzene rings is 1. The monoisotopic (exact) mass is 194 g/mol. The molecule has 0 saturated heterocycles. The van der Waals surface area contributed by atoms with Crippen LogP contribution in [0.4, 0.5) is 0 Å². The van der Waals surface area contributed by atoms with E-state index in [0.29, 0.717) is 13.1 Å². The molecule has 2 N–H and O–H groups in total. The molecule has 1 aromatic rings. The average Bonchev–Trinajstić information content (AvgIpc) is 2.18. The van der Waals surface area contributed by atoms with E-state index in [4.69, 9.17) is 9.84 Å². The molecule has 1 aromatic carbocycles. The van der Waals surface area contributed by atoms with Crippen LogP contribution in [0.2, 0.25) is 0 Å². The standard InChI is InChI=1S/C11H16NO2/c1-9(13)7-12-8-10-4-3-5-11(6-10)14-2/h3-6,9,12-13H,1,7-8H2,2H3. The molecule has 0 spiro atoms. The number of methoxy groups -OCH3 is 1. The highest BCUT2D eigenvalue weighted by Gasteiger charge is 1.97. The molecule has 1 atom stereocenters. The Kier molecular flexibility index (Phi) is 4.43. The lowest BCUT2D eigenvalue weighted by atomic mass is 10.2. The molecule has 1 rings (SSSR count). The van der Waals surface area contributed by atoms with E-state index < -0.39 is 6.10 Å². The number of hydrogen-bond donors (Lipinski definition) is 2. The fraction of sp³-hybridized carbons (Fsp3) is 0.364. The van der Waals surface area contributed by atoms with Crippen molar-refractivity contribution in [2.45, 2.75) is 12.6 Å². The third kappa shape index (κ3) is 3.77. The van der Waals surface area contributed by atoms with E-state index in [9.17, 15) is 0 Å². The normalized spacial score (nSPS) is 12.5. The second-order valence-corrected chi connectivity index (χ2v) is 3.14. The number of hydrogen-bond acceptors (Lipinski definition) is 3. The van der Waals surface area contributed by atoms with Gasteiger partial charge < -0.3 is 15.2 Å². The summed E-state index contributed by atoms with van der Waals surface area (Å²) in [6.07, 6.45) is -0.555. The van der Waals surface area contributed by atoms with Gasteiger partial charge in [0.05, 0.1) is 13.2 Å². The van der Waals surface area contributed by atoms with Crippen LogP contribution in [-0.4, -0.2) is 24.9 Å². The Hall–Kier alpha value is -1.06. The van der Waals surface area contributed by atoms with E-state index >= 15 is 0 Å². The first-order valence-electron chi connectivity index (χ1n) is 4.57. The van der Waals surface area contributed by atoms with E-state index in [1.165, 1.54) is 0 Å². The van der Waals surface area contributed by atoms with E-state index in [1.807, 2.05) is 24.3 Å². The number of aliphatic hydroxyl groups excluding tert-OH is 1. The first-order chi connectivity index (χ1) is 6.72. The van der Waals surface area contributed by atoms with Crippen molar-refractivity contribution in [2.24, 2.45) is 0 Å². The van der Waals surface area contributed by atoms with E-state index in [1.54, 1.807) is 7.11 Å². The average molecular weight is 194 g/mol. The van der Waals surface area contributed by atoms with Gasteiger partial charge in [-0.1, -0.05) is 12.1 Å². The number of ether oxygens (including phenoxy) is 1. The van der Waals surface area contributed by atoms with Gasteiger partial charge in [-0.2, -0.15) is 0 Å². The lowest BCUT2D eigenvalue weighted by molar-refractivity contribution is 0.216. The van der Waals surface area contributed by atoms with Crippen LogP contribution < -0.4 is 10.1 Å². The van der Waals surface area contributed by atoms with Crippen LogP contribution in [0.3, 0.4) is 0 Å². The zero-order chi connectivity index (χ0) is 10.4. The summed E-state index contributed by atoms with van der Waals surface area (Å²) in [5.74, 6) is 0.847. The third-order valence-corrected chi connectivity index (χ3v) is 1.84. The molecule has 0 fully saturated rings. The lowest BCUT2D eigenvalue weighted by Gasteiger charge is -2.07. The van der Waals surface area contributed by atoms with Crippen molar-refractivity contribution < 1.29 is 9.84 Å². The molecule has 0 aromatic heterocycles. The first-order valence-corrected chi connectivity index (χ1v) is 4.57. The topological polar surface area (TPSA) is 41.5 Å². The van der Waals surface area contributed by atoms with Gasteiger partial charge >= 0.3 is 0 Å². The predicted octanol–water partition coefficient (Wildman–Crippen LogP) is 0.980. The van der Waals surface area contributed by atoms with Crippen molar-refractivity contribution in [1.29, 1.82) is 0 Å². The van der Waals surface area contributed by atoms with E-state index in [0.717, 1.165) is 11.3 Å². The molecule has 0 saturated carbocycles. The molecule has 77 valence electrons. The highest BCUT2D eigenvalue weighted by molar-refractivity contribution is 5.28. The molecule has 1 unspecified atom stereocenters. The minimum absolute atomic E-state index is 0.497. The SMILES string of the molecule is [CH2]C(O)CNCc1cccc(OC)c1. The largest absolute Gasteiger partial charge is 0.497 e. The summed E-state index contributed by atoms with van der Waals surface area (Å²) in [5, 5.41) is 12.0. The Morgan fingerprint density at radius 1 is 1.57 bits per heavy atom. The van der Waals surface area contributed by atoms with Crippen LogP contribution in [0.15, 0.2) is 24.3 Å². The van der Waals surface area contributed by atoms with Crippen LogP contribution in [0.25, 0.3) is 0 Å². The van der Waals surface area contributed by atoms with Gasteiger partial charge in [0.2, 0.25) is 0 Å². The Morgan fingerprint density at radius 2 is 2.36 bits per heavy atom. The third-order valence-electron chi connectivity index (χ3n) is 1.84. The number of rotatable bonds is 5. The van der Waals surface area contributed by atoms with Gasteiger partial charge in [-0.25, -0.2) is 0 Å². The molecular formula is C11H16NO2. The highest BCUT2D eigenvalue weighted by Crippen LogP contribution is 2.11. The van der Waals surface area contributed by atoms with Crippen molar-refractivity contribution in [3.63, 3.8) is 0 Å². The van der Waals surface area contributed by atoms with Gasteiger partial charge in [-0.15, -0.1) is 0 Å². The summed E-state index contributed by atoms with van der Waals surface area (Å²) in [7, 11) is 1.65. The van der Waals surface area contributed by atoms with Crippen LogP contribution in [-0.2, 0) is 6.54 Å². The molecule has 0 amide bonds. The highest BCUT2D eigenvalue weighted by atomic mass is 16.5. The Balaban J connectivity index is 2.42. The van der Waals surface area contributed by atoms with Gasteiger partial charge in [-0.3, -0.25) is 0 Å².